The first-order chi connectivity index (χ1) is 10.3. The zero-order chi connectivity index (χ0) is 14.0. The summed E-state index contributed by atoms with van der Waals surface area (Å²) in [5.74, 6) is 5.29. The maximum atomic E-state index is 4.10. The molecule has 2 heteroatoms. The summed E-state index contributed by atoms with van der Waals surface area (Å²) in [6.07, 6.45) is 13.7. The van der Waals surface area contributed by atoms with E-state index < -0.39 is 0 Å². The molecule has 6 bridgehead atoms. The minimum Gasteiger partial charge on any atom is -0.313 e. The van der Waals surface area contributed by atoms with E-state index in [1.165, 1.54) is 32.2 Å². The first-order valence-corrected chi connectivity index (χ1v) is 9.71. The predicted molar refractivity (Wildman–Crippen MR) is 86.1 cm³/mol. The second kappa shape index (κ2) is 4.96. The van der Waals surface area contributed by atoms with E-state index in [4.69, 9.17) is 0 Å². The Bertz CT molecular complexity index is 364. The summed E-state index contributed by atoms with van der Waals surface area (Å²) in [4.78, 5) is 2.68. The molecule has 0 amide bonds. The highest BCUT2D eigenvalue weighted by atomic mass is 15.2. The van der Waals surface area contributed by atoms with Crippen molar-refractivity contribution in [3.05, 3.63) is 0 Å². The van der Waals surface area contributed by atoms with Crippen molar-refractivity contribution >= 4 is 0 Å². The van der Waals surface area contributed by atoms with E-state index in [2.05, 4.69) is 17.3 Å². The number of nitrogens with zero attached hydrogens (tertiary/aromatic N) is 1. The molecule has 0 aromatic heterocycles. The Hall–Kier alpha value is -0.0800. The van der Waals surface area contributed by atoms with Gasteiger partial charge in [0, 0.05) is 18.1 Å². The summed E-state index contributed by atoms with van der Waals surface area (Å²) in [6, 6.07) is 2.72. The first-order valence-electron chi connectivity index (χ1n) is 9.71. The van der Waals surface area contributed by atoms with Crippen molar-refractivity contribution < 1.29 is 0 Å². The molecule has 6 aliphatic rings. The lowest BCUT2D eigenvalue weighted by molar-refractivity contribution is -0.0162. The van der Waals surface area contributed by atoms with E-state index in [0.717, 1.165) is 47.7 Å². The highest BCUT2D eigenvalue weighted by Crippen LogP contribution is 2.53. The number of rotatable bonds is 3. The van der Waals surface area contributed by atoms with Crippen LogP contribution in [0.25, 0.3) is 0 Å². The van der Waals surface area contributed by atoms with E-state index in [1.54, 1.807) is 32.1 Å². The van der Waals surface area contributed by atoms with Crippen LogP contribution in [-0.2, 0) is 0 Å². The maximum Gasteiger partial charge on any atom is 0.0124 e. The van der Waals surface area contributed by atoms with Crippen LogP contribution in [0.5, 0.6) is 0 Å². The molecule has 2 saturated heterocycles. The summed E-state index contributed by atoms with van der Waals surface area (Å²) >= 11 is 0. The lowest BCUT2D eigenvalue weighted by Crippen LogP contribution is -2.55. The second-order valence-electron chi connectivity index (χ2n) is 9.25. The fraction of sp³-hybridized carbons (Fsp3) is 1.00. The van der Waals surface area contributed by atoms with Crippen LogP contribution < -0.4 is 5.32 Å². The molecule has 2 nitrogen and oxygen atoms in total. The van der Waals surface area contributed by atoms with Crippen LogP contribution in [0, 0.1) is 29.6 Å². The lowest BCUT2D eigenvalue weighted by atomic mass is 9.54. The van der Waals surface area contributed by atoms with Crippen molar-refractivity contribution in [1.82, 2.24) is 10.2 Å². The molecule has 0 radical (unpaired) electrons. The monoisotopic (exact) mass is 288 g/mol. The molecule has 2 aliphatic heterocycles. The topological polar surface area (TPSA) is 15.3 Å². The van der Waals surface area contributed by atoms with Crippen LogP contribution in [0.1, 0.15) is 57.8 Å². The minimum absolute atomic E-state index is 0.898. The molecular weight excluding hydrogens is 256 g/mol. The fourth-order valence-electron chi connectivity index (χ4n) is 7.25. The quantitative estimate of drug-likeness (QED) is 0.857. The molecule has 4 aliphatic carbocycles. The first kappa shape index (κ1) is 13.4. The Morgan fingerprint density at radius 2 is 1.38 bits per heavy atom. The highest BCUT2D eigenvalue weighted by molar-refractivity contribution is 5.02. The third-order valence-electron chi connectivity index (χ3n) is 8.06. The summed E-state index contributed by atoms with van der Waals surface area (Å²) in [6.45, 7) is 1.33. The zero-order valence-corrected chi connectivity index (χ0v) is 13.6. The SMILES string of the molecule is CN1C2CCC1CC(CNC1C3CC4CC(C3)CC1C4)C2. The minimum atomic E-state index is 0.898. The van der Waals surface area contributed by atoms with Crippen LogP contribution in [0.15, 0.2) is 0 Å². The molecule has 6 fully saturated rings. The number of piperidine rings is 1. The van der Waals surface area contributed by atoms with E-state index in [1.807, 2.05) is 0 Å². The Morgan fingerprint density at radius 3 is 1.95 bits per heavy atom. The van der Waals surface area contributed by atoms with Gasteiger partial charge in [-0.15, -0.1) is 0 Å². The molecule has 6 rings (SSSR count). The Morgan fingerprint density at radius 1 is 0.810 bits per heavy atom. The van der Waals surface area contributed by atoms with Gasteiger partial charge in [0.15, 0.2) is 0 Å². The van der Waals surface area contributed by atoms with Crippen molar-refractivity contribution in [3.8, 4) is 0 Å². The van der Waals surface area contributed by atoms with Crippen molar-refractivity contribution in [2.45, 2.75) is 75.9 Å². The average Bonchev–Trinajstić information content (AvgIpc) is 2.69. The van der Waals surface area contributed by atoms with E-state index in [0.29, 0.717) is 0 Å². The van der Waals surface area contributed by atoms with Gasteiger partial charge in [0.25, 0.3) is 0 Å². The third kappa shape index (κ3) is 2.20. The molecule has 0 spiro atoms. The average molecular weight is 288 g/mol. The molecule has 21 heavy (non-hydrogen) atoms. The van der Waals surface area contributed by atoms with Gasteiger partial charge in [0.2, 0.25) is 0 Å². The summed E-state index contributed by atoms with van der Waals surface area (Å²) in [7, 11) is 2.36. The van der Waals surface area contributed by atoms with Gasteiger partial charge in [-0.25, -0.2) is 0 Å². The Labute approximate surface area is 130 Å². The van der Waals surface area contributed by atoms with Crippen molar-refractivity contribution in [2.75, 3.05) is 13.6 Å². The smallest absolute Gasteiger partial charge is 0.0124 e. The van der Waals surface area contributed by atoms with Gasteiger partial charge >= 0.3 is 0 Å². The fourth-order valence-corrected chi connectivity index (χ4v) is 7.25. The largest absolute Gasteiger partial charge is 0.313 e. The number of hydrogen-bond donors (Lipinski definition) is 1. The zero-order valence-electron chi connectivity index (χ0n) is 13.6. The molecule has 118 valence electrons. The summed E-state index contributed by atoms with van der Waals surface area (Å²) in [5.41, 5.74) is 0. The molecule has 2 heterocycles. The maximum absolute atomic E-state index is 4.10. The van der Waals surface area contributed by atoms with E-state index >= 15 is 0 Å². The van der Waals surface area contributed by atoms with Crippen LogP contribution in [0.3, 0.4) is 0 Å². The predicted octanol–water partition coefficient (Wildman–Crippen LogP) is 3.27. The van der Waals surface area contributed by atoms with Gasteiger partial charge in [-0.05, 0) is 101 Å². The number of nitrogens with one attached hydrogen (secondary N) is 1. The second-order valence-corrected chi connectivity index (χ2v) is 9.25. The Balaban J connectivity index is 1.20. The van der Waals surface area contributed by atoms with Crippen LogP contribution in [0.2, 0.25) is 0 Å². The van der Waals surface area contributed by atoms with Gasteiger partial charge in [0.05, 0.1) is 0 Å². The normalized spacial score (nSPS) is 55.3. The van der Waals surface area contributed by atoms with Gasteiger partial charge in [-0.2, -0.15) is 0 Å². The van der Waals surface area contributed by atoms with Gasteiger partial charge in [-0.1, -0.05) is 0 Å². The van der Waals surface area contributed by atoms with E-state index in [-0.39, 0.29) is 0 Å². The molecule has 4 saturated carbocycles. The van der Waals surface area contributed by atoms with Crippen molar-refractivity contribution in [2.24, 2.45) is 29.6 Å². The number of fused-ring (bicyclic) bond motifs is 2. The van der Waals surface area contributed by atoms with Crippen molar-refractivity contribution in [3.63, 3.8) is 0 Å². The standard InChI is InChI=1S/C19H32N2/c1-21-17-2-3-18(21)10-14(9-17)11-20-19-15-5-12-4-13(7-15)8-16(19)6-12/h12-20H,2-11H2,1H3. The van der Waals surface area contributed by atoms with Crippen molar-refractivity contribution in [1.29, 1.82) is 0 Å². The summed E-state index contributed by atoms with van der Waals surface area (Å²) < 4.78 is 0. The molecule has 0 aromatic rings. The molecule has 2 atom stereocenters. The highest BCUT2D eigenvalue weighted by Gasteiger charge is 2.48. The Kier molecular flexibility index (Phi) is 3.16. The van der Waals surface area contributed by atoms with Crippen LogP contribution >= 0.6 is 0 Å². The van der Waals surface area contributed by atoms with Gasteiger partial charge < -0.3 is 10.2 Å². The van der Waals surface area contributed by atoms with Crippen LogP contribution in [0.4, 0.5) is 0 Å². The molecule has 1 N–H and O–H groups in total. The molecule has 2 unspecified atom stereocenters. The van der Waals surface area contributed by atoms with E-state index in [9.17, 15) is 0 Å². The van der Waals surface area contributed by atoms with Crippen LogP contribution in [-0.4, -0.2) is 36.6 Å². The van der Waals surface area contributed by atoms with Gasteiger partial charge in [-0.3, -0.25) is 0 Å². The third-order valence-corrected chi connectivity index (χ3v) is 8.06. The molecule has 0 aromatic carbocycles. The molecular formula is C19H32N2. The lowest BCUT2D eigenvalue weighted by Gasteiger charge is -2.55. The van der Waals surface area contributed by atoms with Gasteiger partial charge in [0.1, 0.15) is 0 Å². The summed E-state index contributed by atoms with van der Waals surface area (Å²) in [5, 5.41) is 4.10. The number of hydrogen-bond acceptors (Lipinski definition) is 2.